The van der Waals surface area contributed by atoms with Gasteiger partial charge in [0.25, 0.3) is 0 Å². The first kappa shape index (κ1) is 13.2. The average molecular weight is 218 g/mol. The van der Waals surface area contributed by atoms with E-state index in [2.05, 4.69) is 11.7 Å². The largest absolute Gasteiger partial charge is 0.506 e. The Hall–Kier alpha value is -1.79. The fourth-order valence-corrected chi connectivity index (χ4v) is 0.956. The molecule has 2 unspecified atom stereocenters. The van der Waals surface area contributed by atoms with E-state index in [1.165, 1.54) is 0 Å². The molecule has 1 radical (unpaired) electrons. The summed E-state index contributed by atoms with van der Waals surface area (Å²) in [4.78, 5) is 31.4. The lowest BCUT2D eigenvalue weighted by Crippen LogP contribution is -2.33. The minimum atomic E-state index is -1.71. The predicted molar refractivity (Wildman–Crippen MR) is 47.8 cm³/mol. The highest BCUT2D eigenvalue weighted by atomic mass is 16.7. The number of hydrogen-bond acceptors (Lipinski definition) is 4. The minimum absolute atomic E-state index is 0.0854. The van der Waals surface area contributed by atoms with Crippen molar-refractivity contribution in [3.8, 4) is 0 Å². The maximum absolute atomic E-state index is 10.8. The zero-order valence-electron chi connectivity index (χ0n) is 7.88. The molecule has 7 nitrogen and oxygen atoms in total. The van der Waals surface area contributed by atoms with Crippen molar-refractivity contribution in [2.24, 2.45) is 11.7 Å². The maximum Gasteiger partial charge on any atom is 0.506 e. The predicted octanol–water partition coefficient (Wildman–Crippen LogP) is -0.150. The molecule has 85 valence electrons. The number of carboxylic acid groups (broad SMARTS) is 2. The molecule has 0 aromatic carbocycles. The molecule has 0 spiro atoms. The Kier molecular flexibility index (Phi) is 5.14. The summed E-state index contributed by atoms with van der Waals surface area (Å²) in [6, 6.07) is 0. The van der Waals surface area contributed by atoms with E-state index in [1.807, 2.05) is 0 Å². The van der Waals surface area contributed by atoms with Crippen molar-refractivity contribution in [1.82, 2.24) is 0 Å². The Labute approximate surface area is 85.8 Å². The topological polar surface area (TPSA) is 127 Å². The quantitative estimate of drug-likeness (QED) is 0.532. The van der Waals surface area contributed by atoms with Crippen LogP contribution in [0.5, 0.6) is 0 Å². The molecule has 0 aliphatic carbocycles. The highest BCUT2D eigenvalue weighted by Gasteiger charge is 2.27. The van der Waals surface area contributed by atoms with Crippen molar-refractivity contribution in [3.63, 3.8) is 0 Å². The van der Waals surface area contributed by atoms with Crippen LogP contribution in [0.4, 0.5) is 4.79 Å². The van der Waals surface area contributed by atoms with Crippen LogP contribution in [-0.2, 0) is 14.3 Å². The van der Waals surface area contributed by atoms with Gasteiger partial charge in [0.1, 0.15) is 0 Å². The van der Waals surface area contributed by atoms with Gasteiger partial charge in [0.2, 0.25) is 12.0 Å². The number of aliphatic carboxylic acids is 1. The Morgan fingerprint density at radius 1 is 1.33 bits per heavy atom. The van der Waals surface area contributed by atoms with Crippen LogP contribution in [0.1, 0.15) is 12.8 Å². The third-order valence-electron chi connectivity index (χ3n) is 1.77. The normalized spacial score (nSPS) is 13.9. The molecule has 0 aliphatic heterocycles. The van der Waals surface area contributed by atoms with E-state index in [-0.39, 0.29) is 12.8 Å². The molecule has 0 bridgehead atoms. The van der Waals surface area contributed by atoms with Crippen molar-refractivity contribution in [3.05, 3.63) is 6.92 Å². The van der Waals surface area contributed by atoms with E-state index < -0.39 is 30.1 Å². The van der Waals surface area contributed by atoms with Gasteiger partial charge in [-0.1, -0.05) is 6.92 Å². The lowest BCUT2D eigenvalue weighted by atomic mass is 9.98. The van der Waals surface area contributed by atoms with E-state index in [1.54, 1.807) is 0 Å². The highest BCUT2D eigenvalue weighted by Crippen LogP contribution is 2.13. The summed E-state index contributed by atoms with van der Waals surface area (Å²) < 4.78 is 4.08. The Balaban J connectivity index is 4.45. The van der Waals surface area contributed by atoms with Gasteiger partial charge in [0.15, 0.2) is 0 Å². The third-order valence-corrected chi connectivity index (χ3v) is 1.77. The number of carboxylic acids is 1. The van der Waals surface area contributed by atoms with E-state index >= 15 is 0 Å². The number of hydrogen-bond donors (Lipinski definition) is 3. The molecular formula is C8H12NO6. The van der Waals surface area contributed by atoms with Gasteiger partial charge in [0.05, 0.1) is 0 Å². The fraction of sp³-hybridized carbons (Fsp3) is 0.500. The number of primary amides is 1. The number of ether oxygens (including phenoxy) is 1. The molecule has 1 amide bonds. The van der Waals surface area contributed by atoms with Gasteiger partial charge in [-0.25, -0.2) is 9.59 Å². The van der Waals surface area contributed by atoms with Crippen molar-refractivity contribution >= 4 is 18.0 Å². The minimum Gasteiger partial charge on any atom is -0.479 e. The molecule has 4 N–H and O–H groups in total. The van der Waals surface area contributed by atoms with Crippen LogP contribution in [0.25, 0.3) is 0 Å². The van der Waals surface area contributed by atoms with E-state index in [0.717, 1.165) is 0 Å². The van der Waals surface area contributed by atoms with Gasteiger partial charge in [-0.2, -0.15) is 0 Å². The Morgan fingerprint density at radius 2 is 1.87 bits per heavy atom. The van der Waals surface area contributed by atoms with Crippen molar-refractivity contribution in [2.75, 3.05) is 0 Å². The molecule has 0 heterocycles. The molecule has 0 fully saturated rings. The first-order chi connectivity index (χ1) is 6.88. The number of carbonyl (C=O) groups is 3. The summed E-state index contributed by atoms with van der Waals surface area (Å²) in [7, 11) is 0. The summed E-state index contributed by atoms with van der Waals surface area (Å²) >= 11 is 0. The number of rotatable bonds is 6. The van der Waals surface area contributed by atoms with Crippen molar-refractivity contribution in [2.45, 2.75) is 18.9 Å². The standard InChI is InChI=1S/C8H12NO6/c1-2-4(6(9)10)3-5(7(11)12)15-8(13)14/h4-5H,1-3H2,(H2,9,10)(H,11,12)(H,13,14). The molecule has 0 aromatic rings. The SMILES string of the molecule is [CH2]CC(CC(OC(=O)O)C(=O)O)C(N)=O. The number of amides is 1. The van der Waals surface area contributed by atoms with Crippen molar-refractivity contribution in [1.29, 1.82) is 0 Å². The van der Waals surface area contributed by atoms with Gasteiger partial charge in [-0.3, -0.25) is 4.79 Å². The Bertz CT molecular complexity index is 264. The van der Waals surface area contributed by atoms with E-state index in [0.29, 0.717) is 0 Å². The van der Waals surface area contributed by atoms with Crippen LogP contribution in [-0.4, -0.2) is 34.3 Å². The van der Waals surface area contributed by atoms with Gasteiger partial charge < -0.3 is 20.7 Å². The molecule has 0 aromatic heterocycles. The lowest BCUT2D eigenvalue weighted by molar-refractivity contribution is -0.149. The highest BCUT2D eigenvalue weighted by molar-refractivity contribution is 5.79. The van der Waals surface area contributed by atoms with E-state index in [4.69, 9.17) is 15.9 Å². The van der Waals surface area contributed by atoms with Gasteiger partial charge in [-0.15, -0.1) is 0 Å². The number of nitrogens with two attached hydrogens (primary N) is 1. The lowest BCUT2D eigenvalue weighted by Gasteiger charge is -2.15. The smallest absolute Gasteiger partial charge is 0.479 e. The van der Waals surface area contributed by atoms with Crippen LogP contribution >= 0.6 is 0 Å². The van der Waals surface area contributed by atoms with Gasteiger partial charge in [-0.05, 0) is 6.42 Å². The third kappa shape index (κ3) is 4.84. The van der Waals surface area contributed by atoms with Crippen LogP contribution in [0, 0.1) is 12.8 Å². The molecule has 0 saturated carbocycles. The zero-order chi connectivity index (χ0) is 12.0. The summed E-state index contributed by atoms with van der Waals surface area (Å²) in [5.41, 5.74) is 4.95. The molecule has 15 heavy (non-hydrogen) atoms. The summed E-state index contributed by atoms with van der Waals surface area (Å²) in [6.45, 7) is 3.40. The second kappa shape index (κ2) is 5.84. The van der Waals surface area contributed by atoms with Gasteiger partial charge >= 0.3 is 12.1 Å². The summed E-state index contributed by atoms with van der Waals surface area (Å²) in [5, 5.41) is 16.8. The fourth-order valence-electron chi connectivity index (χ4n) is 0.956. The molecule has 7 heteroatoms. The maximum atomic E-state index is 10.8. The van der Waals surface area contributed by atoms with Crippen LogP contribution in [0.3, 0.4) is 0 Å². The monoisotopic (exact) mass is 218 g/mol. The van der Waals surface area contributed by atoms with Crippen LogP contribution < -0.4 is 5.73 Å². The molecule has 0 saturated heterocycles. The van der Waals surface area contributed by atoms with Crippen LogP contribution in [0.2, 0.25) is 0 Å². The molecule has 0 aliphatic rings. The van der Waals surface area contributed by atoms with Crippen LogP contribution in [0.15, 0.2) is 0 Å². The van der Waals surface area contributed by atoms with E-state index in [9.17, 15) is 14.4 Å². The second-order valence-corrected chi connectivity index (χ2v) is 2.83. The van der Waals surface area contributed by atoms with Crippen molar-refractivity contribution < 1.29 is 29.3 Å². The number of carbonyl (C=O) groups excluding carboxylic acids is 1. The second-order valence-electron chi connectivity index (χ2n) is 2.83. The molecular weight excluding hydrogens is 206 g/mol. The Morgan fingerprint density at radius 3 is 2.13 bits per heavy atom. The molecule has 2 atom stereocenters. The summed E-state index contributed by atoms with van der Waals surface area (Å²) in [5.74, 6) is -3.01. The molecule has 0 rings (SSSR count). The summed E-state index contributed by atoms with van der Waals surface area (Å²) in [6.07, 6.45) is -3.53. The first-order valence-corrected chi connectivity index (χ1v) is 4.09. The van der Waals surface area contributed by atoms with Gasteiger partial charge in [0, 0.05) is 12.3 Å². The first-order valence-electron chi connectivity index (χ1n) is 4.09. The zero-order valence-corrected chi connectivity index (χ0v) is 7.88. The average Bonchev–Trinajstić information content (AvgIpc) is 2.10.